The molecular formula is C15H18ClFN2O3. The van der Waals surface area contributed by atoms with Crippen molar-refractivity contribution in [2.75, 3.05) is 39.3 Å². The minimum atomic E-state index is -0.619. The number of carbonyl (C=O) groups is 2. The number of amides is 1. The SMILES string of the molecule is CCOC(=O)CN1CCN(C(=O)c2ccc(Cl)cc2F)CC1. The number of esters is 1. The van der Waals surface area contributed by atoms with Gasteiger partial charge in [-0.15, -0.1) is 0 Å². The van der Waals surface area contributed by atoms with E-state index in [1.54, 1.807) is 11.8 Å². The largest absolute Gasteiger partial charge is 0.465 e. The highest BCUT2D eigenvalue weighted by atomic mass is 35.5. The van der Waals surface area contributed by atoms with Gasteiger partial charge in [0, 0.05) is 31.2 Å². The number of rotatable bonds is 4. The average Bonchev–Trinajstić information content (AvgIpc) is 2.47. The summed E-state index contributed by atoms with van der Waals surface area (Å²) in [7, 11) is 0. The predicted molar refractivity (Wildman–Crippen MR) is 80.4 cm³/mol. The van der Waals surface area contributed by atoms with Gasteiger partial charge in [0.05, 0.1) is 18.7 Å². The summed E-state index contributed by atoms with van der Waals surface area (Å²) in [5, 5.41) is 0.258. The molecule has 1 aliphatic heterocycles. The van der Waals surface area contributed by atoms with E-state index in [0.717, 1.165) is 6.07 Å². The molecule has 7 heteroatoms. The molecule has 1 aromatic carbocycles. The number of piperazine rings is 1. The molecule has 2 rings (SSSR count). The molecular weight excluding hydrogens is 311 g/mol. The van der Waals surface area contributed by atoms with E-state index in [4.69, 9.17) is 16.3 Å². The maximum Gasteiger partial charge on any atom is 0.320 e. The second kappa shape index (κ2) is 7.56. The monoisotopic (exact) mass is 328 g/mol. The number of hydrogen-bond donors (Lipinski definition) is 0. The van der Waals surface area contributed by atoms with Crippen LogP contribution in [0.2, 0.25) is 5.02 Å². The fourth-order valence-corrected chi connectivity index (χ4v) is 2.49. The molecule has 5 nitrogen and oxygen atoms in total. The van der Waals surface area contributed by atoms with Crippen molar-refractivity contribution < 1.29 is 18.7 Å². The van der Waals surface area contributed by atoms with Gasteiger partial charge in [-0.25, -0.2) is 4.39 Å². The van der Waals surface area contributed by atoms with Crippen LogP contribution in [0.3, 0.4) is 0 Å². The maximum atomic E-state index is 13.8. The molecule has 0 spiro atoms. The van der Waals surface area contributed by atoms with Crippen LogP contribution in [0.5, 0.6) is 0 Å². The Kier molecular flexibility index (Phi) is 5.74. The van der Waals surface area contributed by atoms with Gasteiger partial charge in [-0.1, -0.05) is 11.6 Å². The lowest BCUT2D eigenvalue weighted by molar-refractivity contribution is -0.144. The highest BCUT2D eigenvalue weighted by Gasteiger charge is 2.25. The first kappa shape index (κ1) is 16.7. The summed E-state index contributed by atoms with van der Waals surface area (Å²) >= 11 is 5.69. The Bertz CT molecular complexity index is 560. The van der Waals surface area contributed by atoms with Gasteiger partial charge in [0.2, 0.25) is 0 Å². The van der Waals surface area contributed by atoms with Crippen LogP contribution in [0.1, 0.15) is 17.3 Å². The highest BCUT2D eigenvalue weighted by molar-refractivity contribution is 6.30. The number of nitrogens with zero attached hydrogens (tertiary/aromatic N) is 2. The second-order valence-electron chi connectivity index (χ2n) is 5.00. The zero-order chi connectivity index (χ0) is 16.1. The Balaban J connectivity index is 1.91. The molecule has 0 radical (unpaired) electrons. The summed E-state index contributed by atoms with van der Waals surface area (Å²) in [5.41, 5.74) is 0.0169. The Morgan fingerprint density at radius 2 is 1.95 bits per heavy atom. The minimum Gasteiger partial charge on any atom is -0.465 e. The van der Waals surface area contributed by atoms with Crippen molar-refractivity contribution in [2.24, 2.45) is 0 Å². The molecule has 0 saturated carbocycles. The first-order chi connectivity index (χ1) is 10.5. The Morgan fingerprint density at radius 1 is 1.27 bits per heavy atom. The molecule has 0 N–H and O–H groups in total. The number of hydrogen-bond acceptors (Lipinski definition) is 4. The average molecular weight is 329 g/mol. The van der Waals surface area contributed by atoms with Gasteiger partial charge in [0.1, 0.15) is 5.82 Å². The third-order valence-corrected chi connectivity index (χ3v) is 3.71. The maximum absolute atomic E-state index is 13.8. The zero-order valence-electron chi connectivity index (χ0n) is 12.3. The van der Waals surface area contributed by atoms with E-state index in [9.17, 15) is 14.0 Å². The van der Waals surface area contributed by atoms with Gasteiger partial charge >= 0.3 is 5.97 Å². The van der Waals surface area contributed by atoms with Crippen molar-refractivity contribution in [3.8, 4) is 0 Å². The van der Waals surface area contributed by atoms with Crippen LogP contribution in [0.15, 0.2) is 18.2 Å². The Labute approximate surface area is 133 Å². The van der Waals surface area contributed by atoms with E-state index >= 15 is 0 Å². The smallest absolute Gasteiger partial charge is 0.320 e. The van der Waals surface area contributed by atoms with Crippen molar-refractivity contribution >= 4 is 23.5 Å². The van der Waals surface area contributed by atoms with Crippen molar-refractivity contribution in [2.45, 2.75) is 6.92 Å². The first-order valence-electron chi connectivity index (χ1n) is 7.13. The van der Waals surface area contributed by atoms with Crippen LogP contribution in [0.25, 0.3) is 0 Å². The standard InChI is InChI=1S/C15H18ClFN2O3/c1-2-22-14(20)10-18-5-7-19(8-6-18)15(21)12-4-3-11(16)9-13(12)17/h3-4,9H,2,5-8,10H2,1H3. The van der Waals surface area contributed by atoms with Gasteiger partial charge in [-0.2, -0.15) is 0 Å². The highest BCUT2D eigenvalue weighted by Crippen LogP contribution is 2.17. The summed E-state index contributed by atoms with van der Waals surface area (Å²) in [6.07, 6.45) is 0. The van der Waals surface area contributed by atoms with Crippen LogP contribution >= 0.6 is 11.6 Å². The normalized spacial score (nSPS) is 15.7. The fourth-order valence-electron chi connectivity index (χ4n) is 2.33. The molecule has 1 saturated heterocycles. The molecule has 1 heterocycles. The molecule has 22 heavy (non-hydrogen) atoms. The first-order valence-corrected chi connectivity index (χ1v) is 7.51. The minimum absolute atomic E-state index is 0.0169. The lowest BCUT2D eigenvalue weighted by atomic mass is 10.1. The molecule has 1 fully saturated rings. The summed E-state index contributed by atoms with van der Waals surface area (Å²) in [4.78, 5) is 27.2. The molecule has 0 bridgehead atoms. The van der Waals surface area contributed by atoms with Crippen molar-refractivity contribution in [1.29, 1.82) is 0 Å². The predicted octanol–water partition coefficient (Wildman–Crippen LogP) is 1.80. The molecule has 0 unspecified atom stereocenters. The van der Waals surface area contributed by atoms with E-state index in [0.29, 0.717) is 32.8 Å². The topological polar surface area (TPSA) is 49.9 Å². The molecule has 0 aromatic heterocycles. The molecule has 0 aliphatic carbocycles. The van der Waals surface area contributed by atoms with Crippen molar-refractivity contribution in [3.63, 3.8) is 0 Å². The van der Waals surface area contributed by atoms with Crippen LogP contribution in [0, 0.1) is 5.82 Å². The van der Waals surface area contributed by atoms with Crippen molar-refractivity contribution in [3.05, 3.63) is 34.6 Å². The zero-order valence-corrected chi connectivity index (χ0v) is 13.1. The quantitative estimate of drug-likeness (QED) is 0.791. The number of carbonyl (C=O) groups excluding carboxylic acids is 2. The number of halogens is 2. The summed E-state index contributed by atoms with van der Waals surface area (Å²) < 4.78 is 18.7. The van der Waals surface area contributed by atoms with Crippen molar-refractivity contribution in [1.82, 2.24) is 9.80 Å². The van der Waals surface area contributed by atoms with Gasteiger partial charge in [-0.05, 0) is 25.1 Å². The lowest BCUT2D eigenvalue weighted by Gasteiger charge is -2.34. The number of benzene rings is 1. The number of ether oxygens (including phenoxy) is 1. The van der Waals surface area contributed by atoms with Crippen LogP contribution in [-0.4, -0.2) is 61.0 Å². The third kappa shape index (κ3) is 4.18. The fraction of sp³-hybridized carbons (Fsp3) is 0.467. The summed E-state index contributed by atoms with van der Waals surface area (Å²) in [6, 6.07) is 4.02. The molecule has 120 valence electrons. The molecule has 1 aliphatic rings. The van der Waals surface area contributed by atoms with Gasteiger partial charge in [-0.3, -0.25) is 14.5 Å². The van der Waals surface area contributed by atoms with E-state index < -0.39 is 5.82 Å². The summed E-state index contributed by atoms with van der Waals surface area (Å²) in [5.74, 6) is -1.25. The second-order valence-corrected chi connectivity index (χ2v) is 5.43. The summed E-state index contributed by atoms with van der Waals surface area (Å²) in [6.45, 7) is 4.33. The van der Waals surface area contributed by atoms with Gasteiger partial charge in [0.25, 0.3) is 5.91 Å². The van der Waals surface area contributed by atoms with Gasteiger partial charge < -0.3 is 9.64 Å². The third-order valence-electron chi connectivity index (χ3n) is 3.48. The Morgan fingerprint density at radius 3 is 2.55 bits per heavy atom. The molecule has 1 amide bonds. The van der Waals surface area contributed by atoms with Gasteiger partial charge in [0.15, 0.2) is 0 Å². The van der Waals surface area contributed by atoms with Crippen LogP contribution in [-0.2, 0) is 9.53 Å². The van der Waals surface area contributed by atoms with Crippen LogP contribution in [0.4, 0.5) is 4.39 Å². The molecule has 1 aromatic rings. The van der Waals surface area contributed by atoms with Crippen LogP contribution < -0.4 is 0 Å². The van der Waals surface area contributed by atoms with E-state index in [2.05, 4.69) is 0 Å². The Hall–Kier alpha value is -1.66. The van der Waals surface area contributed by atoms with E-state index in [1.165, 1.54) is 12.1 Å². The molecule has 0 atom stereocenters. The van der Waals surface area contributed by atoms with E-state index in [-0.39, 0.29) is 29.0 Å². The van der Waals surface area contributed by atoms with E-state index in [1.807, 2.05) is 4.90 Å². The lowest BCUT2D eigenvalue weighted by Crippen LogP contribution is -2.50.